The van der Waals surface area contributed by atoms with E-state index in [0.717, 1.165) is 34.5 Å². The van der Waals surface area contributed by atoms with Crippen molar-refractivity contribution in [2.75, 3.05) is 18.1 Å². The second-order valence-electron chi connectivity index (χ2n) is 5.13. The highest BCUT2D eigenvalue weighted by atomic mass is 35.5. The molecule has 2 aromatic rings. The Hall–Kier alpha value is -1.04. The number of nitrogens with zero attached hydrogens (tertiary/aromatic N) is 2. The Morgan fingerprint density at radius 3 is 3.05 bits per heavy atom. The number of halogens is 1. The van der Waals surface area contributed by atoms with E-state index < -0.39 is 0 Å². The summed E-state index contributed by atoms with van der Waals surface area (Å²) in [4.78, 5) is 4.57. The van der Waals surface area contributed by atoms with Crippen LogP contribution in [0.15, 0.2) is 28.8 Å². The summed E-state index contributed by atoms with van der Waals surface area (Å²) >= 11 is 8.10. The van der Waals surface area contributed by atoms with Gasteiger partial charge in [-0.2, -0.15) is 16.7 Å². The first-order valence-electron chi connectivity index (χ1n) is 7.15. The predicted molar refractivity (Wildman–Crippen MR) is 86.1 cm³/mol. The van der Waals surface area contributed by atoms with Gasteiger partial charge in [0.1, 0.15) is 0 Å². The molecule has 1 aliphatic heterocycles. The number of likely N-dealkylation sites (N-methyl/N-ethyl adjacent to an activating group) is 1. The fraction of sp³-hybridized carbons (Fsp3) is 0.467. The largest absolute Gasteiger partial charge is 0.339 e. The molecule has 3 rings (SSSR count). The van der Waals surface area contributed by atoms with E-state index in [0.29, 0.717) is 24.2 Å². The summed E-state index contributed by atoms with van der Waals surface area (Å²) in [6.45, 7) is 3.08. The van der Waals surface area contributed by atoms with Gasteiger partial charge in [-0.3, -0.25) is 0 Å². The van der Waals surface area contributed by atoms with E-state index in [1.54, 1.807) is 0 Å². The van der Waals surface area contributed by atoms with Gasteiger partial charge < -0.3 is 9.84 Å². The predicted octanol–water partition coefficient (Wildman–Crippen LogP) is 3.12. The van der Waals surface area contributed by atoms with Crippen LogP contribution in [0.1, 0.15) is 30.1 Å². The number of aromatic nitrogens is 2. The SMILES string of the molecule is CCNC1CSCC1c1nc(Cc2ccccc2Cl)no1. The Morgan fingerprint density at radius 2 is 2.24 bits per heavy atom. The van der Waals surface area contributed by atoms with Crippen LogP contribution >= 0.6 is 23.4 Å². The van der Waals surface area contributed by atoms with Crippen molar-refractivity contribution in [2.24, 2.45) is 0 Å². The number of thioether (sulfide) groups is 1. The minimum absolute atomic E-state index is 0.308. The molecule has 1 fully saturated rings. The number of hydrogen-bond donors (Lipinski definition) is 1. The van der Waals surface area contributed by atoms with E-state index >= 15 is 0 Å². The maximum Gasteiger partial charge on any atom is 0.232 e. The molecule has 4 nitrogen and oxygen atoms in total. The minimum atomic E-state index is 0.308. The molecule has 21 heavy (non-hydrogen) atoms. The Morgan fingerprint density at radius 1 is 1.38 bits per heavy atom. The zero-order chi connectivity index (χ0) is 14.7. The first kappa shape index (κ1) is 14.9. The Labute approximate surface area is 133 Å². The molecule has 0 saturated carbocycles. The Kier molecular flexibility index (Phi) is 4.83. The number of benzene rings is 1. The van der Waals surface area contributed by atoms with Gasteiger partial charge in [-0.05, 0) is 18.2 Å². The quantitative estimate of drug-likeness (QED) is 0.916. The third-order valence-electron chi connectivity index (χ3n) is 3.65. The number of nitrogens with one attached hydrogen (secondary N) is 1. The molecule has 2 atom stereocenters. The summed E-state index contributed by atoms with van der Waals surface area (Å²) in [6, 6.07) is 8.19. The molecule has 0 bridgehead atoms. The monoisotopic (exact) mass is 323 g/mol. The third kappa shape index (κ3) is 3.42. The van der Waals surface area contributed by atoms with Crippen molar-refractivity contribution >= 4 is 23.4 Å². The molecule has 1 saturated heterocycles. The summed E-state index contributed by atoms with van der Waals surface area (Å²) in [7, 11) is 0. The van der Waals surface area contributed by atoms with E-state index in [1.165, 1.54) is 0 Å². The molecule has 1 aromatic heterocycles. The molecule has 0 spiro atoms. The maximum atomic E-state index is 6.17. The van der Waals surface area contributed by atoms with E-state index in [9.17, 15) is 0 Å². The molecular formula is C15H18ClN3OS. The van der Waals surface area contributed by atoms with Gasteiger partial charge in [0.05, 0.1) is 5.92 Å². The van der Waals surface area contributed by atoms with Crippen LogP contribution in [0.25, 0.3) is 0 Å². The highest BCUT2D eigenvalue weighted by Crippen LogP contribution is 2.32. The van der Waals surface area contributed by atoms with Gasteiger partial charge in [0.15, 0.2) is 5.82 Å². The average Bonchev–Trinajstić information content (AvgIpc) is 3.11. The molecule has 1 aliphatic rings. The highest BCUT2D eigenvalue weighted by molar-refractivity contribution is 7.99. The second kappa shape index (κ2) is 6.81. The van der Waals surface area contributed by atoms with Crippen molar-refractivity contribution in [2.45, 2.75) is 25.3 Å². The van der Waals surface area contributed by atoms with Crippen LogP contribution in [0, 0.1) is 0 Å². The van der Waals surface area contributed by atoms with Crippen LogP contribution in [-0.2, 0) is 6.42 Å². The molecule has 0 radical (unpaired) electrons. The topological polar surface area (TPSA) is 51.0 Å². The van der Waals surface area contributed by atoms with E-state index in [-0.39, 0.29) is 0 Å². The van der Waals surface area contributed by atoms with Crippen LogP contribution < -0.4 is 5.32 Å². The zero-order valence-corrected chi connectivity index (χ0v) is 13.5. The second-order valence-corrected chi connectivity index (χ2v) is 6.61. The summed E-state index contributed by atoms with van der Waals surface area (Å²) in [6.07, 6.45) is 0.606. The van der Waals surface area contributed by atoms with Crippen LogP contribution in [0.4, 0.5) is 0 Å². The van der Waals surface area contributed by atoms with Crippen molar-refractivity contribution in [3.63, 3.8) is 0 Å². The average molecular weight is 324 g/mol. The molecular weight excluding hydrogens is 306 g/mol. The van der Waals surface area contributed by atoms with E-state index in [1.807, 2.05) is 36.0 Å². The molecule has 6 heteroatoms. The van der Waals surface area contributed by atoms with Crippen molar-refractivity contribution in [1.82, 2.24) is 15.5 Å². The lowest BCUT2D eigenvalue weighted by Crippen LogP contribution is -2.34. The van der Waals surface area contributed by atoms with Crippen molar-refractivity contribution in [3.8, 4) is 0 Å². The molecule has 2 unspecified atom stereocenters. The van der Waals surface area contributed by atoms with Crippen molar-refractivity contribution in [3.05, 3.63) is 46.6 Å². The summed E-state index contributed by atoms with van der Waals surface area (Å²) in [5, 5.41) is 8.34. The van der Waals surface area contributed by atoms with Gasteiger partial charge in [-0.1, -0.05) is 41.9 Å². The summed E-state index contributed by atoms with van der Waals surface area (Å²) < 4.78 is 5.48. The smallest absolute Gasteiger partial charge is 0.232 e. The molecule has 112 valence electrons. The molecule has 1 aromatic carbocycles. The van der Waals surface area contributed by atoms with Crippen molar-refractivity contribution in [1.29, 1.82) is 0 Å². The van der Waals surface area contributed by atoms with Gasteiger partial charge >= 0.3 is 0 Å². The maximum absolute atomic E-state index is 6.17. The molecule has 1 N–H and O–H groups in total. The van der Waals surface area contributed by atoms with Gasteiger partial charge in [0.2, 0.25) is 5.89 Å². The Balaban J connectivity index is 1.73. The molecule has 2 heterocycles. The van der Waals surface area contributed by atoms with Gasteiger partial charge in [-0.25, -0.2) is 0 Å². The third-order valence-corrected chi connectivity index (χ3v) is 5.21. The Bertz CT molecular complexity index is 604. The fourth-order valence-electron chi connectivity index (χ4n) is 2.56. The van der Waals surface area contributed by atoms with Gasteiger partial charge in [0, 0.05) is 29.0 Å². The lowest BCUT2D eigenvalue weighted by atomic mass is 10.0. The summed E-state index contributed by atoms with van der Waals surface area (Å²) in [5.41, 5.74) is 1.02. The normalized spacial score (nSPS) is 21.8. The molecule has 0 amide bonds. The fourth-order valence-corrected chi connectivity index (χ4v) is 4.13. The number of hydrogen-bond acceptors (Lipinski definition) is 5. The van der Waals surface area contributed by atoms with Crippen LogP contribution in [0.2, 0.25) is 5.02 Å². The van der Waals surface area contributed by atoms with Gasteiger partial charge in [0.25, 0.3) is 0 Å². The highest BCUT2D eigenvalue weighted by Gasteiger charge is 2.32. The van der Waals surface area contributed by atoms with Crippen molar-refractivity contribution < 1.29 is 4.52 Å². The van der Waals surface area contributed by atoms with E-state index in [2.05, 4.69) is 22.4 Å². The molecule has 0 aliphatic carbocycles. The van der Waals surface area contributed by atoms with Crippen LogP contribution in [0.3, 0.4) is 0 Å². The zero-order valence-electron chi connectivity index (χ0n) is 11.9. The number of rotatable bonds is 5. The minimum Gasteiger partial charge on any atom is -0.339 e. The van der Waals surface area contributed by atoms with Crippen LogP contribution in [-0.4, -0.2) is 34.2 Å². The lowest BCUT2D eigenvalue weighted by molar-refractivity contribution is 0.338. The van der Waals surface area contributed by atoms with E-state index in [4.69, 9.17) is 16.1 Å². The lowest BCUT2D eigenvalue weighted by Gasteiger charge is -2.15. The van der Waals surface area contributed by atoms with Gasteiger partial charge in [-0.15, -0.1) is 0 Å². The standard InChI is InChI=1S/C15H18ClN3OS/c1-2-17-13-9-21-8-11(13)15-18-14(19-20-15)7-10-5-3-4-6-12(10)16/h3-6,11,13,17H,2,7-9H2,1H3. The van der Waals surface area contributed by atoms with Crippen LogP contribution in [0.5, 0.6) is 0 Å². The summed E-state index contributed by atoms with van der Waals surface area (Å²) in [5.74, 6) is 3.88. The first-order chi connectivity index (χ1) is 10.3. The first-order valence-corrected chi connectivity index (χ1v) is 8.68.